The van der Waals surface area contributed by atoms with Gasteiger partial charge in [0, 0.05) is 70.9 Å². The van der Waals surface area contributed by atoms with Crippen LogP contribution in [0, 0.1) is 0 Å². The smallest absolute Gasteiger partial charge is 0.423 e. The molecule has 2 N–H and O–H groups in total. The molecule has 8 heteroatoms. The van der Waals surface area contributed by atoms with Crippen LogP contribution >= 0.6 is 11.6 Å². The van der Waals surface area contributed by atoms with Gasteiger partial charge in [0.25, 0.3) is 0 Å². The first-order chi connectivity index (χ1) is 55.3. The topological polar surface area (TPSA) is 60.2 Å². The highest BCUT2D eigenvalue weighted by Crippen LogP contribution is 2.43. The highest BCUT2D eigenvalue weighted by atomic mass is 35.5. The molecule has 0 bridgehead atoms. The molecule has 0 amide bonds. The molecule has 0 atom stereocenters. The van der Waals surface area contributed by atoms with E-state index in [0.29, 0.717) is 5.46 Å². The molecule has 0 aliphatic heterocycles. The van der Waals surface area contributed by atoms with Gasteiger partial charge in [-0.2, -0.15) is 0 Å². The van der Waals surface area contributed by atoms with Crippen LogP contribution in [-0.4, -0.2) is 35.4 Å². The second kappa shape index (κ2) is 28.5. The number of halogens is 1. The fourth-order valence-electron chi connectivity index (χ4n) is 16.8. The van der Waals surface area contributed by atoms with Gasteiger partial charge < -0.3 is 28.3 Å². The van der Waals surface area contributed by atoms with Crippen molar-refractivity contribution in [1.82, 2.24) is 18.3 Å². The lowest BCUT2D eigenvalue weighted by atomic mass is 9.79. The standard InChI is InChI=1S/C52H34N2.C42H27ClN2.C10H9BO2/c1-3-15-43(16-4-1)53-49-21-11-9-19-45(49)47-27-25-38(33-51(47)53)41-30-40(37-24-23-35-13-7-8-14-36(35)29-37)31-42(32-41)39-26-28-48-46-20-10-12-22-50(46)54(52(48)34-39)44-17-5-2-6-18-44;43-32-24-30(28-19-21-37-35-15-7-9-17-39(35)44(41(37)26-28)33-11-3-1-4-12-33)23-31(25-32)29-20-22-38-36-16-8-10-18-40(36)45(42(38)27-29)34-13-5-2-6-14-34;12-11(13)10-6-5-8-3-1-2-4-9(8)7-10/h1-34H;1-27H;1-7,12-13H. The van der Waals surface area contributed by atoms with Crippen molar-refractivity contribution in [1.29, 1.82) is 0 Å². The van der Waals surface area contributed by atoms with Gasteiger partial charge in [0.1, 0.15) is 0 Å². The first kappa shape index (κ1) is 67.3. The van der Waals surface area contributed by atoms with E-state index in [-0.39, 0.29) is 0 Å². The lowest BCUT2D eigenvalue weighted by molar-refractivity contribution is 0.426. The summed E-state index contributed by atoms with van der Waals surface area (Å²) < 4.78 is 9.52. The summed E-state index contributed by atoms with van der Waals surface area (Å²) in [7, 11) is -1.38. The summed E-state index contributed by atoms with van der Waals surface area (Å²) in [4.78, 5) is 0. The number of fused-ring (bicyclic) bond motifs is 14. The Hall–Kier alpha value is -14.0. The predicted octanol–water partition coefficient (Wildman–Crippen LogP) is 26.4. The van der Waals surface area contributed by atoms with Crippen LogP contribution in [-0.2, 0) is 0 Å². The number of nitrogens with zero attached hydrogens (tertiary/aromatic N) is 4. The average molecular weight is 1450 g/mol. The Kier molecular flexibility index (Phi) is 17.1. The summed E-state index contributed by atoms with van der Waals surface area (Å²) >= 11 is 6.86. The molecule has 0 saturated heterocycles. The second-order valence-electron chi connectivity index (χ2n) is 28.7. The van der Waals surface area contributed by atoms with Crippen molar-refractivity contribution in [2.75, 3.05) is 0 Å². The van der Waals surface area contributed by atoms with E-state index in [0.717, 1.165) is 60.8 Å². The normalized spacial score (nSPS) is 11.5. The van der Waals surface area contributed by atoms with Crippen LogP contribution in [0.15, 0.2) is 413 Å². The third-order valence-corrected chi connectivity index (χ3v) is 22.3. The van der Waals surface area contributed by atoms with Crippen molar-refractivity contribution in [3.63, 3.8) is 0 Å². The second-order valence-corrected chi connectivity index (χ2v) is 29.2. The van der Waals surface area contributed by atoms with E-state index in [1.165, 1.54) is 131 Å². The maximum atomic E-state index is 8.94. The number of hydrogen-bond donors (Lipinski definition) is 2. The number of para-hydroxylation sites is 8. The molecule has 0 aliphatic carbocycles. The Bertz CT molecular complexity index is 7020. The predicted molar refractivity (Wildman–Crippen MR) is 474 cm³/mol. The van der Waals surface area contributed by atoms with Crippen molar-refractivity contribution >= 4 is 133 Å². The van der Waals surface area contributed by atoms with Crippen molar-refractivity contribution in [3.05, 3.63) is 418 Å². The van der Waals surface area contributed by atoms with E-state index in [2.05, 4.69) is 388 Å². The Morgan fingerprint density at radius 3 is 0.741 bits per heavy atom. The minimum Gasteiger partial charge on any atom is -0.423 e. The van der Waals surface area contributed by atoms with Crippen LogP contribution in [0.5, 0.6) is 0 Å². The van der Waals surface area contributed by atoms with Crippen LogP contribution in [0.2, 0.25) is 5.02 Å². The summed E-state index contributed by atoms with van der Waals surface area (Å²) in [5.74, 6) is 0. The lowest BCUT2D eigenvalue weighted by Crippen LogP contribution is -2.29. The van der Waals surface area contributed by atoms with E-state index >= 15 is 0 Å². The molecule has 18 aromatic carbocycles. The van der Waals surface area contributed by atoms with Gasteiger partial charge in [-0.15, -0.1) is 0 Å². The Labute approximate surface area is 652 Å². The fraction of sp³-hybridized carbons (Fsp3) is 0. The third-order valence-electron chi connectivity index (χ3n) is 22.1. The monoisotopic (exact) mass is 1450 g/mol. The van der Waals surface area contributed by atoms with Crippen molar-refractivity contribution in [2.24, 2.45) is 0 Å². The molecule has 4 aromatic heterocycles. The Morgan fingerprint density at radius 2 is 0.420 bits per heavy atom. The first-order valence-corrected chi connectivity index (χ1v) is 38.3. The molecule has 6 nitrogen and oxygen atoms in total. The summed E-state index contributed by atoms with van der Waals surface area (Å²) in [5, 5.41) is 33.2. The molecule has 0 unspecified atom stereocenters. The molecule has 0 radical (unpaired) electrons. The molecule has 0 saturated carbocycles. The summed E-state index contributed by atoms with van der Waals surface area (Å²) in [6, 6.07) is 147. The van der Waals surface area contributed by atoms with Gasteiger partial charge in [0.05, 0.1) is 44.1 Å². The van der Waals surface area contributed by atoms with E-state index in [4.69, 9.17) is 21.6 Å². The highest BCUT2D eigenvalue weighted by molar-refractivity contribution is 6.59. The Morgan fingerprint density at radius 1 is 0.179 bits per heavy atom. The van der Waals surface area contributed by atoms with E-state index in [1.54, 1.807) is 12.1 Å². The molecule has 22 rings (SSSR count). The van der Waals surface area contributed by atoms with Crippen LogP contribution in [0.25, 0.3) is 187 Å². The maximum Gasteiger partial charge on any atom is 0.488 e. The molecule has 0 aliphatic rings. The quantitative estimate of drug-likeness (QED) is 0.134. The van der Waals surface area contributed by atoms with Gasteiger partial charge >= 0.3 is 7.12 Å². The zero-order valence-corrected chi connectivity index (χ0v) is 61.7. The lowest BCUT2D eigenvalue weighted by Gasteiger charge is -2.14. The molecular formula is C104H70BClN4O2. The van der Waals surface area contributed by atoms with Gasteiger partial charge in [0.2, 0.25) is 0 Å². The van der Waals surface area contributed by atoms with E-state index in [1.807, 2.05) is 30.3 Å². The van der Waals surface area contributed by atoms with E-state index < -0.39 is 7.12 Å². The average Bonchev–Trinajstić information content (AvgIpc) is 1.62. The van der Waals surface area contributed by atoms with Gasteiger partial charge in [-0.1, -0.05) is 285 Å². The molecule has 0 fully saturated rings. The number of aromatic nitrogens is 4. The molecule has 112 heavy (non-hydrogen) atoms. The van der Waals surface area contributed by atoms with Crippen LogP contribution < -0.4 is 5.46 Å². The molecule has 22 aromatic rings. The summed E-state index contributed by atoms with van der Waals surface area (Å²) in [6.07, 6.45) is 0. The molecule has 0 spiro atoms. The fourth-order valence-corrected chi connectivity index (χ4v) is 17.0. The number of rotatable bonds is 10. The van der Waals surface area contributed by atoms with Crippen molar-refractivity contribution in [3.8, 4) is 78.4 Å². The van der Waals surface area contributed by atoms with Gasteiger partial charge in [-0.25, -0.2) is 0 Å². The van der Waals surface area contributed by atoms with Gasteiger partial charge in [-0.3, -0.25) is 0 Å². The van der Waals surface area contributed by atoms with Gasteiger partial charge in [0.15, 0.2) is 0 Å². The summed E-state index contributed by atoms with van der Waals surface area (Å²) in [5.41, 5.74) is 26.3. The zero-order valence-electron chi connectivity index (χ0n) is 60.9. The molecule has 528 valence electrons. The number of benzene rings is 18. The largest absolute Gasteiger partial charge is 0.488 e. The molecular weight excluding hydrogens is 1380 g/mol. The highest BCUT2D eigenvalue weighted by Gasteiger charge is 2.21. The van der Waals surface area contributed by atoms with Crippen molar-refractivity contribution in [2.45, 2.75) is 0 Å². The van der Waals surface area contributed by atoms with E-state index in [9.17, 15) is 0 Å². The zero-order chi connectivity index (χ0) is 74.8. The third kappa shape index (κ3) is 12.2. The minimum absolute atomic E-state index is 0.527. The molecule has 4 heterocycles. The van der Waals surface area contributed by atoms with Crippen LogP contribution in [0.1, 0.15) is 0 Å². The first-order valence-electron chi connectivity index (χ1n) is 37.9. The Balaban J connectivity index is 0.000000127. The summed E-state index contributed by atoms with van der Waals surface area (Å²) in [6.45, 7) is 0. The number of hydrogen-bond acceptors (Lipinski definition) is 2. The minimum atomic E-state index is -1.38. The van der Waals surface area contributed by atoms with Crippen LogP contribution in [0.4, 0.5) is 0 Å². The van der Waals surface area contributed by atoms with Gasteiger partial charge in [-0.05, 0) is 222 Å². The van der Waals surface area contributed by atoms with Crippen molar-refractivity contribution < 1.29 is 10.0 Å². The van der Waals surface area contributed by atoms with Crippen LogP contribution in [0.3, 0.4) is 0 Å². The maximum absolute atomic E-state index is 8.94. The SMILES string of the molecule is Clc1cc(-c2ccc3c4ccccc4n(-c4ccccc4)c3c2)cc(-c2ccc3c4ccccc4n(-c4ccccc4)c3c2)c1.OB(O)c1ccc2ccccc2c1.c1ccc(-n2c3ccccc3c3ccc(-c4cc(-c5ccc6ccccc6c5)cc(-c5ccc6c7ccccc7n(-c7ccccc7)c6c5)c4)cc32)cc1.